The molecule has 194 valence electrons. The first-order valence-electron chi connectivity index (χ1n) is 13.0. The predicted molar refractivity (Wildman–Crippen MR) is 150 cm³/mol. The SMILES string of the molecule is Cc1cccc(CN(C(=O)COc2ccc(Br)c(C)c2)C(Cc2ccccc2)C(=O)NC2CCCC2)c1. The molecule has 2 amide bonds. The van der Waals surface area contributed by atoms with E-state index in [-0.39, 0.29) is 24.5 Å². The molecule has 5 nitrogen and oxygen atoms in total. The van der Waals surface area contributed by atoms with Crippen molar-refractivity contribution >= 4 is 27.7 Å². The number of nitrogens with zero attached hydrogens (tertiary/aromatic N) is 1. The van der Waals surface area contributed by atoms with Gasteiger partial charge in [-0.15, -0.1) is 0 Å². The molecule has 0 bridgehead atoms. The van der Waals surface area contributed by atoms with Gasteiger partial charge in [-0.2, -0.15) is 0 Å². The number of halogens is 1. The second-order valence-corrected chi connectivity index (χ2v) is 10.8. The lowest BCUT2D eigenvalue weighted by Crippen LogP contribution is -2.53. The Bertz CT molecular complexity index is 1210. The maximum atomic E-state index is 13.7. The van der Waals surface area contributed by atoms with Crippen LogP contribution in [0.15, 0.2) is 77.3 Å². The molecule has 1 atom stereocenters. The van der Waals surface area contributed by atoms with Crippen LogP contribution < -0.4 is 10.1 Å². The maximum absolute atomic E-state index is 13.7. The molecule has 1 aliphatic carbocycles. The van der Waals surface area contributed by atoms with E-state index >= 15 is 0 Å². The molecule has 0 radical (unpaired) electrons. The molecule has 37 heavy (non-hydrogen) atoms. The third-order valence-corrected chi connectivity index (χ3v) is 7.79. The highest BCUT2D eigenvalue weighted by molar-refractivity contribution is 9.10. The van der Waals surface area contributed by atoms with E-state index in [9.17, 15) is 9.59 Å². The number of carbonyl (C=O) groups excluding carboxylic acids is 2. The third-order valence-electron chi connectivity index (χ3n) is 6.90. The van der Waals surface area contributed by atoms with Crippen LogP contribution in [0.4, 0.5) is 0 Å². The Labute approximate surface area is 228 Å². The third kappa shape index (κ3) is 7.68. The van der Waals surface area contributed by atoms with Crippen molar-refractivity contribution in [3.63, 3.8) is 0 Å². The number of carbonyl (C=O) groups is 2. The molecule has 6 heteroatoms. The molecule has 0 spiro atoms. The highest BCUT2D eigenvalue weighted by Crippen LogP contribution is 2.23. The summed E-state index contributed by atoms with van der Waals surface area (Å²) in [5, 5.41) is 3.24. The average Bonchev–Trinajstić information content (AvgIpc) is 3.40. The summed E-state index contributed by atoms with van der Waals surface area (Å²) < 4.78 is 6.90. The fourth-order valence-electron chi connectivity index (χ4n) is 4.86. The summed E-state index contributed by atoms with van der Waals surface area (Å²) >= 11 is 3.50. The van der Waals surface area contributed by atoms with Gasteiger partial charge in [0.1, 0.15) is 11.8 Å². The standard InChI is InChI=1S/C31H35BrN2O3/c1-22-9-8-12-25(17-22)20-34(30(35)21-37-27-15-16-28(32)23(2)18-27)29(19-24-10-4-3-5-11-24)31(36)33-26-13-6-7-14-26/h3-5,8-12,15-18,26,29H,6-7,13-14,19-21H2,1-2H3,(H,33,36). The molecule has 0 aromatic heterocycles. The zero-order chi connectivity index (χ0) is 26.2. The Morgan fingerprint density at radius 3 is 2.41 bits per heavy atom. The lowest BCUT2D eigenvalue weighted by molar-refractivity contribution is -0.143. The zero-order valence-corrected chi connectivity index (χ0v) is 23.2. The van der Waals surface area contributed by atoms with Crippen molar-refractivity contribution in [2.45, 2.75) is 64.6 Å². The lowest BCUT2D eigenvalue weighted by Gasteiger charge is -2.32. The van der Waals surface area contributed by atoms with Crippen molar-refractivity contribution in [2.24, 2.45) is 0 Å². The Morgan fingerprint density at radius 2 is 1.70 bits per heavy atom. The van der Waals surface area contributed by atoms with Crippen LogP contribution in [0.25, 0.3) is 0 Å². The van der Waals surface area contributed by atoms with Crippen LogP contribution in [-0.2, 0) is 22.6 Å². The number of ether oxygens (including phenoxy) is 1. The van der Waals surface area contributed by atoms with E-state index in [4.69, 9.17) is 4.74 Å². The van der Waals surface area contributed by atoms with Crippen molar-refractivity contribution in [2.75, 3.05) is 6.61 Å². The van der Waals surface area contributed by atoms with E-state index in [1.807, 2.05) is 80.6 Å². The molecule has 1 aliphatic rings. The Morgan fingerprint density at radius 1 is 0.973 bits per heavy atom. The summed E-state index contributed by atoms with van der Waals surface area (Å²) in [5.41, 5.74) is 4.14. The fourth-order valence-corrected chi connectivity index (χ4v) is 5.11. The van der Waals surface area contributed by atoms with Crippen LogP contribution in [0, 0.1) is 13.8 Å². The van der Waals surface area contributed by atoms with Gasteiger partial charge >= 0.3 is 0 Å². The van der Waals surface area contributed by atoms with E-state index in [1.165, 1.54) is 0 Å². The number of benzene rings is 3. The molecule has 4 rings (SSSR count). The van der Waals surface area contributed by atoms with Gasteiger partial charge in [0.05, 0.1) is 0 Å². The van der Waals surface area contributed by atoms with Crippen molar-refractivity contribution < 1.29 is 14.3 Å². The van der Waals surface area contributed by atoms with E-state index in [0.717, 1.165) is 52.4 Å². The van der Waals surface area contributed by atoms with Gasteiger partial charge in [-0.05, 0) is 61.6 Å². The van der Waals surface area contributed by atoms with Gasteiger partial charge in [0, 0.05) is 23.5 Å². The van der Waals surface area contributed by atoms with Gasteiger partial charge in [-0.25, -0.2) is 0 Å². The summed E-state index contributed by atoms with van der Waals surface area (Å²) in [6, 6.07) is 23.2. The van der Waals surface area contributed by atoms with Crippen LogP contribution in [-0.4, -0.2) is 35.4 Å². The first kappa shape index (κ1) is 26.9. The van der Waals surface area contributed by atoms with Crippen molar-refractivity contribution in [1.82, 2.24) is 10.2 Å². The largest absolute Gasteiger partial charge is 0.484 e. The van der Waals surface area contributed by atoms with Crippen LogP contribution in [0.2, 0.25) is 0 Å². The summed E-state index contributed by atoms with van der Waals surface area (Å²) in [5.74, 6) is 0.306. The first-order chi connectivity index (χ1) is 17.9. The van der Waals surface area contributed by atoms with Gasteiger partial charge in [-0.1, -0.05) is 88.9 Å². The quantitative estimate of drug-likeness (QED) is 0.322. The molecule has 0 heterocycles. The number of hydrogen-bond acceptors (Lipinski definition) is 3. The minimum atomic E-state index is -0.647. The number of amides is 2. The Hall–Kier alpha value is -3.12. The lowest BCUT2D eigenvalue weighted by atomic mass is 10.0. The van der Waals surface area contributed by atoms with E-state index in [1.54, 1.807) is 4.90 Å². The normalized spacial score (nSPS) is 14.2. The Balaban J connectivity index is 1.61. The van der Waals surface area contributed by atoms with Crippen molar-refractivity contribution in [3.05, 3.63) is 99.5 Å². The second kappa shape index (κ2) is 12.9. The zero-order valence-electron chi connectivity index (χ0n) is 21.6. The molecule has 3 aromatic rings. The summed E-state index contributed by atoms with van der Waals surface area (Å²) in [6.07, 6.45) is 4.67. The number of aryl methyl sites for hydroxylation is 2. The molecule has 1 unspecified atom stereocenters. The molecule has 0 saturated heterocycles. The fraction of sp³-hybridized carbons (Fsp3) is 0.355. The minimum Gasteiger partial charge on any atom is -0.484 e. The van der Waals surface area contributed by atoms with Gasteiger partial charge in [0.25, 0.3) is 5.91 Å². The number of hydrogen-bond donors (Lipinski definition) is 1. The molecular formula is C31H35BrN2O3. The van der Waals surface area contributed by atoms with E-state index < -0.39 is 6.04 Å². The van der Waals surface area contributed by atoms with E-state index in [0.29, 0.717) is 18.7 Å². The van der Waals surface area contributed by atoms with Crippen LogP contribution in [0.5, 0.6) is 5.75 Å². The predicted octanol–water partition coefficient (Wildman–Crippen LogP) is 6.14. The summed E-state index contributed by atoms with van der Waals surface area (Å²) in [4.78, 5) is 29.1. The molecule has 0 aliphatic heterocycles. The molecular weight excluding hydrogens is 528 g/mol. The average molecular weight is 564 g/mol. The van der Waals surface area contributed by atoms with Crippen LogP contribution in [0.3, 0.4) is 0 Å². The minimum absolute atomic E-state index is 0.101. The monoisotopic (exact) mass is 562 g/mol. The molecule has 1 saturated carbocycles. The van der Waals surface area contributed by atoms with Crippen molar-refractivity contribution in [1.29, 1.82) is 0 Å². The van der Waals surface area contributed by atoms with Gasteiger partial charge in [-0.3, -0.25) is 9.59 Å². The van der Waals surface area contributed by atoms with Gasteiger partial charge < -0.3 is 15.0 Å². The van der Waals surface area contributed by atoms with Gasteiger partial charge in [0.15, 0.2) is 6.61 Å². The maximum Gasteiger partial charge on any atom is 0.261 e. The summed E-state index contributed by atoms with van der Waals surface area (Å²) in [6.45, 7) is 4.20. The van der Waals surface area contributed by atoms with Crippen molar-refractivity contribution in [3.8, 4) is 5.75 Å². The molecule has 1 fully saturated rings. The summed E-state index contributed by atoms with van der Waals surface area (Å²) in [7, 11) is 0. The number of nitrogens with one attached hydrogen (secondary N) is 1. The van der Waals surface area contributed by atoms with Gasteiger partial charge in [0.2, 0.25) is 5.91 Å². The van der Waals surface area contributed by atoms with Crippen LogP contribution in [0.1, 0.15) is 47.9 Å². The molecule has 1 N–H and O–H groups in total. The smallest absolute Gasteiger partial charge is 0.261 e. The first-order valence-corrected chi connectivity index (χ1v) is 13.8. The topological polar surface area (TPSA) is 58.6 Å². The second-order valence-electron chi connectivity index (χ2n) is 9.91. The molecule has 3 aromatic carbocycles. The Kier molecular flexibility index (Phi) is 9.40. The van der Waals surface area contributed by atoms with E-state index in [2.05, 4.69) is 27.3 Å². The highest BCUT2D eigenvalue weighted by Gasteiger charge is 2.32. The number of rotatable bonds is 10. The highest BCUT2D eigenvalue weighted by atomic mass is 79.9. The van der Waals surface area contributed by atoms with Crippen LogP contribution >= 0.6 is 15.9 Å².